The van der Waals surface area contributed by atoms with Gasteiger partial charge in [0.05, 0.1) is 81.9 Å². The number of ether oxygens (including phenoxy) is 19. The van der Waals surface area contributed by atoms with E-state index in [0.717, 1.165) is 13.8 Å². The summed E-state index contributed by atoms with van der Waals surface area (Å²) in [6.07, 6.45) is -80.8. The number of benzene rings is 3. The first kappa shape index (κ1) is 108. The van der Waals surface area contributed by atoms with Gasteiger partial charge in [-0.25, -0.2) is 9.59 Å². The SMILES string of the molecule is CC(=O)O[C@H]1C(=O)[C@@]2(C)C([C@H](OC(=O)c3ccccc3)[C@]3(O)C[C@H](OC(=O)[C@H](O)[C@@H](NC(=O)c4ccccc4)c4ccccc4)C(C)=C1C3(C)C)[C@]1(OC(C)=O)CO[C@@H]1C[C@@H]2O.OCC1O[C@H]2OC3C(CO)O[C@@H](OC4C(CO)O[C@@H](OC5C(CO)O[C@@H](OC6C(CO)O[C@@H](OC7C(CO)O[C@@H](OC8C(CO)O[C@@H](OC1[C@@H](O)[C@@H]2O)[C@@H](O)[C@H]8O)[C@@H](O)[C@H]7O)[C@@H](O)[C@H]6O)[C@@H](O)[C@H]5O)[C@@H](O)[C@H]4O)[C@@H](O)[C@H]3O. The van der Waals surface area contributed by atoms with Crippen LogP contribution in [0.2, 0.25) is 0 Å². The van der Waals surface area contributed by atoms with Crippen molar-refractivity contribution < 1.29 is 241 Å². The molecule has 25 aliphatic rings. The zero-order valence-corrected chi connectivity index (χ0v) is 75.5. The third-order valence-corrected chi connectivity index (χ3v) is 28.3. The van der Waals surface area contributed by atoms with Crippen LogP contribution in [0.5, 0.6) is 0 Å². The minimum Gasteiger partial charge on any atom is -0.456 e. The maximum Gasteiger partial charge on any atom is 0.338 e. The number of rotatable bonds is 17. The molecule has 2 saturated carbocycles. The predicted octanol–water partition coefficient (Wildman–Crippen LogP) is -11.5. The van der Waals surface area contributed by atoms with Crippen molar-refractivity contribution >= 4 is 35.6 Å². The number of carbonyl (C=O) groups excluding carboxylic acids is 6. The molecule has 3 aromatic rings. The van der Waals surface area contributed by atoms with Crippen LogP contribution in [0.4, 0.5) is 0 Å². The van der Waals surface area contributed by atoms with Gasteiger partial charge in [-0.3, -0.25) is 19.2 Å². The molecule has 139 heavy (non-hydrogen) atoms. The van der Waals surface area contributed by atoms with Crippen LogP contribution in [0.1, 0.15) is 86.7 Å². The molecule has 22 saturated heterocycles. The minimum atomic E-state index is -2.39. The van der Waals surface area contributed by atoms with Crippen molar-refractivity contribution in [2.75, 3.05) is 52.9 Å². The van der Waals surface area contributed by atoms with Crippen molar-refractivity contribution in [3.05, 3.63) is 119 Å². The Kier molecular flexibility index (Phi) is 34.1. The number of amides is 1. The Balaban J connectivity index is 0.000000227. The van der Waals surface area contributed by atoms with E-state index < -0.39 is 374 Å². The summed E-state index contributed by atoms with van der Waals surface area (Å²) in [5, 5.41) is 271. The van der Waals surface area contributed by atoms with E-state index in [1.54, 1.807) is 92.7 Å². The van der Waals surface area contributed by atoms with E-state index in [-0.39, 0.29) is 35.3 Å². The number of carbonyl (C=O) groups is 6. The van der Waals surface area contributed by atoms with Crippen LogP contribution in [0, 0.1) is 16.7 Å². The lowest BCUT2D eigenvalue weighted by Gasteiger charge is -2.67. The molecule has 16 bridgehead atoms. The molecule has 15 unspecified atom stereocenters. The minimum absolute atomic E-state index is 0.00289. The monoisotopic (exact) mass is 1990 g/mol. The van der Waals surface area contributed by atoms with E-state index in [0.29, 0.717) is 5.56 Å². The molecule has 0 aromatic heterocycles. The summed E-state index contributed by atoms with van der Waals surface area (Å²) >= 11 is 0. The van der Waals surface area contributed by atoms with E-state index in [9.17, 15) is 147 Å². The summed E-state index contributed by atoms with van der Waals surface area (Å²) in [7, 11) is 0. The highest BCUT2D eigenvalue weighted by Gasteiger charge is 2.79. The van der Waals surface area contributed by atoms with Gasteiger partial charge < -0.3 is 218 Å². The number of hydrogen-bond donors (Lipinski definition) is 25. The van der Waals surface area contributed by atoms with Crippen LogP contribution in [0.3, 0.4) is 0 Å². The molecule has 3 aliphatic carbocycles. The smallest absolute Gasteiger partial charge is 0.338 e. The van der Waals surface area contributed by atoms with Gasteiger partial charge in [-0.15, -0.1) is 0 Å². The van der Waals surface area contributed by atoms with E-state index in [1.807, 2.05) is 0 Å². The quantitative estimate of drug-likeness (QED) is 0.0339. The van der Waals surface area contributed by atoms with Crippen molar-refractivity contribution in [1.82, 2.24) is 5.32 Å². The molecule has 50 nitrogen and oxygen atoms in total. The van der Waals surface area contributed by atoms with E-state index in [2.05, 4.69) is 5.32 Å². The molecule has 0 radical (unpaired) electrons. The molecule has 24 fully saturated rings. The molecule has 3 aromatic carbocycles. The zero-order chi connectivity index (χ0) is 101. The van der Waals surface area contributed by atoms with Crippen molar-refractivity contribution in [3.63, 3.8) is 0 Å². The molecule has 50 heteroatoms. The molecule has 22 heterocycles. The summed E-state index contributed by atoms with van der Waals surface area (Å²) in [6, 6.07) is 22.9. The molecular formula is C89H121NO49. The number of esters is 4. The molecule has 22 aliphatic heterocycles. The average molecular weight is 1990 g/mol. The van der Waals surface area contributed by atoms with Crippen LogP contribution in [-0.2, 0) is 109 Å². The predicted molar refractivity (Wildman–Crippen MR) is 446 cm³/mol. The van der Waals surface area contributed by atoms with Crippen LogP contribution in [0.25, 0.3) is 0 Å². The highest BCUT2D eigenvalue weighted by atomic mass is 16.8. The second-order valence-electron chi connectivity index (χ2n) is 37.0. The fourth-order valence-electron chi connectivity index (χ4n) is 20.6. The van der Waals surface area contributed by atoms with Crippen molar-refractivity contribution in [3.8, 4) is 0 Å². The van der Waals surface area contributed by atoms with E-state index in [1.165, 1.54) is 26.0 Å². The van der Waals surface area contributed by atoms with Gasteiger partial charge in [0.15, 0.2) is 67.6 Å². The summed E-state index contributed by atoms with van der Waals surface area (Å²) in [5.41, 5.74) is -7.02. The van der Waals surface area contributed by atoms with E-state index in [4.69, 9.17) is 90.0 Å². The lowest BCUT2D eigenvalue weighted by Crippen LogP contribution is -2.82. The highest BCUT2D eigenvalue weighted by Crippen LogP contribution is 2.65. The highest BCUT2D eigenvalue weighted by molar-refractivity contribution is 5.96. The summed E-state index contributed by atoms with van der Waals surface area (Å²) in [5.74, 6) is -6.84. The maximum absolute atomic E-state index is 15.5. The lowest BCUT2D eigenvalue weighted by atomic mass is 9.44. The van der Waals surface area contributed by atoms with Gasteiger partial charge in [0.2, 0.25) is 0 Å². The van der Waals surface area contributed by atoms with Crippen molar-refractivity contribution in [1.29, 1.82) is 0 Å². The third-order valence-electron chi connectivity index (χ3n) is 28.3. The Morgan fingerprint density at radius 3 is 1.04 bits per heavy atom. The van der Waals surface area contributed by atoms with Crippen molar-refractivity contribution in [2.24, 2.45) is 16.7 Å². The van der Waals surface area contributed by atoms with Crippen LogP contribution >= 0.6 is 0 Å². The number of ketones is 1. The molecule has 25 N–H and O–H groups in total. The summed E-state index contributed by atoms with van der Waals surface area (Å²) in [6.45, 7) is 0.647. The number of nitrogens with one attached hydrogen (secondary N) is 1. The normalized spacial score (nSPS) is 44.9. The number of aliphatic hydroxyl groups is 24. The first-order valence-corrected chi connectivity index (χ1v) is 45.1. The topological polar surface area (TPSA) is 775 Å². The standard InChI is InChI=1S/C47H51NO14.C42H70O35/c1-25-31(60-43(56)36(52)35(28-16-10-7-11-17-28)48-41(54)29-18-12-8-13-19-29)23-47(57)40(61-42(55)30-20-14-9-15-21-30)38-45(6,32(51)22-33-46(38,24-58-33)62-27(3)50)39(53)37(59-26(2)49)34(25)44(47,4)5;43-1-8-29-15(50)22(57)36(64-8)72-30-9(2-44)66-38(24(59)17(30)52)74-32-11(4-46)68-40(26(61)19(32)54)76-34-13(6-48)70-42(28(63)21(34)56)77-35-14(7-49)69-41(27(62)20(35)55)75-33-12(5-47)67-39(25(60)18(33)53)73-31-10(3-45)65-37(71-29)23(58)16(31)51/h7-21,31-33,35-38,40,51-52,57H,22-24H2,1-6H3,(H,48,54);8-63H,1-7H2/t31-,32-,33+,35-,36+,37+,38?,40-,45+,46-,47+;8?,9?,10?,11?,12?,13?,14?,15-,16-,17-,18-,19-,20-,21+,22+,23+,24+,25+,26+,27+,28+,29?,30?,31?,32?,33?,34?,35?,36+,37+,38+,39+,40+,41+,42+/m01/s1. The second kappa shape index (κ2) is 44.0. The largest absolute Gasteiger partial charge is 0.456 e. The van der Waals surface area contributed by atoms with Gasteiger partial charge in [0.25, 0.3) is 5.91 Å². The Morgan fingerprint density at radius 2 is 0.741 bits per heavy atom. The van der Waals surface area contributed by atoms with Gasteiger partial charge in [-0.1, -0.05) is 80.6 Å². The maximum atomic E-state index is 15.5. The zero-order valence-electron chi connectivity index (χ0n) is 75.5. The first-order valence-electron chi connectivity index (χ1n) is 45.1. The molecule has 28 rings (SSSR count). The Morgan fingerprint density at radius 1 is 0.424 bits per heavy atom. The fraction of sp³-hybridized carbons (Fsp3) is 0.708. The summed E-state index contributed by atoms with van der Waals surface area (Å²) in [4.78, 5) is 83.5. The summed E-state index contributed by atoms with van der Waals surface area (Å²) < 4.78 is 110. The lowest BCUT2D eigenvalue weighted by molar-refractivity contribution is -0.396. The fourth-order valence-corrected chi connectivity index (χ4v) is 20.6. The molecule has 46 atom stereocenters. The third kappa shape index (κ3) is 20.5. The molecule has 1 amide bonds. The van der Waals surface area contributed by atoms with Crippen LogP contribution in [0.15, 0.2) is 102 Å². The van der Waals surface area contributed by atoms with Gasteiger partial charge in [-0.05, 0) is 54.8 Å². The Labute approximate surface area is 790 Å². The average Bonchev–Trinajstić information content (AvgIpc) is 0.665. The van der Waals surface area contributed by atoms with E-state index >= 15 is 4.79 Å². The number of fused-ring (bicyclic) bond motifs is 5. The van der Waals surface area contributed by atoms with Crippen LogP contribution < -0.4 is 5.32 Å². The van der Waals surface area contributed by atoms with Crippen molar-refractivity contribution in [2.45, 2.75) is 323 Å². The first-order chi connectivity index (χ1) is 65.9. The van der Waals surface area contributed by atoms with Gasteiger partial charge in [0.1, 0.15) is 195 Å². The molecule has 776 valence electrons. The van der Waals surface area contributed by atoms with Crippen LogP contribution in [-0.4, -0.2) is 474 Å². The Bertz CT molecular complexity index is 4320. The Hall–Kier alpha value is -7.14. The molecular weight excluding hydrogens is 1870 g/mol. The van der Waals surface area contributed by atoms with Gasteiger partial charge in [-0.2, -0.15) is 0 Å². The number of Topliss-reactive ketones (excluding diaryl/α,β-unsaturated/α-hetero) is 1. The number of hydrogen-bond acceptors (Lipinski definition) is 49. The molecule has 0 spiro atoms. The second-order valence-corrected chi connectivity index (χ2v) is 37.0. The van der Waals surface area contributed by atoms with Gasteiger partial charge in [0, 0.05) is 37.7 Å². The number of aliphatic hydroxyl groups excluding tert-OH is 23. The van der Waals surface area contributed by atoms with Gasteiger partial charge >= 0.3 is 23.9 Å².